The molecule has 1 N–H and O–H groups in total. The van der Waals surface area contributed by atoms with Gasteiger partial charge in [0.05, 0.1) is 35.0 Å². The number of halogens is 4. The first-order valence-electron chi connectivity index (χ1n) is 7.62. The van der Waals surface area contributed by atoms with Crippen molar-refractivity contribution in [3.63, 3.8) is 0 Å². The lowest BCUT2D eigenvalue weighted by molar-refractivity contribution is 0.0879. The predicted octanol–water partition coefficient (Wildman–Crippen LogP) is 4.09. The fourth-order valence-electron chi connectivity index (χ4n) is 2.36. The predicted molar refractivity (Wildman–Crippen MR) is 103 cm³/mol. The molecule has 0 unspecified atom stereocenters. The first kappa shape index (κ1) is 21.7. The minimum absolute atomic E-state index is 0.0685. The van der Waals surface area contributed by atoms with Gasteiger partial charge in [-0.2, -0.15) is 0 Å². The van der Waals surface area contributed by atoms with E-state index in [1.807, 2.05) is 0 Å². The molecular weight excluding hydrogens is 423 g/mol. The van der Waals surface area contributed by atoms with Crippen molar-refractivity contribution in [2.75, 3.05) is 39.6 Å². The molecule has 0 aliphatic carbocycles. The highest BCUT2D eigenvalue weighted by molar-refractivity contribution is 6.39. The molecule has 27 heavy (non-hydrogen) atoms. The number of anilines is 2. The van der Waals surface area contributed by atoms with Gasteiger partial charge in [0.1, 0.15) is 10.9 Å². The number of benzene rings is 1. The van der Waals surface area contributed by atoms with Gasteiger partial charge in [0.2, 0.25) is 6.86 Å². The highest BCUT2D eigenvalue weighted by Gasteiger charge is 2.18. The van der Waals surface area contributed by atoms with Crippen LogP contribution in [0.4, 0.5) is 15.9 Å². The molecule has 2 rings (SSSR count). The molecule has 11 heteroatoms. The van der Waals surface area contributed by atoms with Gasteiger partial charge in [0.15, 0.2) is 5.82 Å². The van der Waals surface area contributed by atoms with Gasteiger partial charge < -0.3 is 24.1 Å². The largest absolute Gasteiger partial charge is 0.463 e. The fourth-order valence-corrected chi connectivity index (χ4v) is 3.11. The lowest BCUT2D eigenvalue weighted by Gasteiger charge is -2.19. The van der Waals surface area contributed by atoms with E-state index in [1.54, 1.807) is 0 Å². The first-order chi connectivity index (χ1) is 12.9. The minimum atomic E-state index is -1.03. The highest BCUT2D eigenvalue weighted by Crippen LogP contribution is 2.36. The number of rotatable bonds is 9. The summed E-state index contributed by atoms with van der Waals surface area (Å²) in [6.45, 7) is -0.574. The lowest BCUT2D eigenvalue weighted by atomic mass is 10.3. The Morgan fingerprint density at radius 1 is 1.19 bits per heavy atom. The molecule has 0 bridgehead atoms. The quantitative estimate of drug-likeness (QED) is 0.634. The second kappa shape index (κ2) is 10.1. The summed E-state index contributed by atoms with van der Waals surface area (Å²) in [6, 6.07) is 2.30. The number of nitrogens with zero attached hydrogens (tertiary/aromatic N) is 2. The Bertz CT molecular complexity index is 821. The number of alkyl halides is 1. The normalized spacial score (nSPS) is 11.1. The maximum absolute atomic E-state index is 12.8. The summed E-state index contributed by atoms with van der Waals surface area (Å²) in [4.78, 5) is 16.8. The van der Waals surface area contributed by atoms with Crippen LogP contribution in [0.3, 0.4) is 0 Å². The van der Waals surface area contributed by atoms with Gasteiger partial charge in [-0.3, -0.25) is 4.79 Å². The van der Waals surface area contributed by atoms with Gasteiger partial charge in [-0.25, -0.2) is 9.37 Å². The molecule has 0 atom stereocenters. The number of ether oxygens (including phenoxy) is 3. The third-order valence-corrected chi connectivity index (χ3v) is 4.27. The van der Waals surface area contributed by atoms with Crippen LogP contribution in [-0.4, -0.2) is 43.8 Å². The second-order valence-electron chi connectivity index (χ2n) is 5.33. The van der Waals surface area contributed by atoms with Gasteiger partial charge in [-0.1, -0.05) is 34.8 Å². The number of methoxy groups -OCH3 is 2. The summed E-state index contributed by atoms with van der Waals surface area (Å²) in [5.41, 5.74) is -0.271. The summed E-state index contributed by atoms with van der Waals surface area (Å²) >= 11 is 18.4. The fraction of sp³-hybridized carbons (Fsp3) is 0.375. The second-order valence-corrected chi connectivity index (χ2v) is 6.53. The van der Waals surface area contributed by atoms with E-state index in [9.17, 15) is 9.18 Å². The summed E-state index contributed by atoms with van der Waals surface area (Å²) < 4.78 is 28.7. The SMILES string of the molecule is COCC(COC)n1cc(Cl)nc(Nc2c(Cl)cc(OC[18F])cc2Cl)c1=O. The van der Waals surface area contributed by atoms with Crippen molar-refractivity contribution in [1.29, 1.82) is 0 Å². The van der Waals surface area contributed by atoms with Crippen LogP contribution in [0.15, 0.2) is 23.1 Å². The molecule has 7 nitrogen and oxygen atoms in total. The topological polar surface area (TPSA) is 74.6 Å². The van der Waals surface area contributed by atoms with Gasteiger partial charge in [-0.15, -0.1) is 0 Å². The van der Waals surface area contributed by atoms with Crippen molar-refractivity contribution in [1.82, 2.24) is 9.55 Å². The average Bonchev–Trinajstić information content (AvgIpc) is 2.61. The maximum Gasteiger partial charge on any atom is 0.294 e. The van der Waals surface area contributed by atoms with Crippen LogP contribution in [0.2, 0.25) is 15.2 Å². The van der Waals surface area contributed by atoms with E-state index >= 15 is 0 Å². The summed E-state index contributed by atoms with van der Waals surface area (Å²) in [5.74, 6) is 0.0532. The number of hydrogen-bond donors (Lipinski definition) is 1. The van der Waals surface area contributed by atoms with Gasteiger partial charge in [0, 0.05) is 32.5 Å². The number of hydrogen-bond acceptors (Lipinski definition) is 6. The Hall–Kier alpha value is -1.58. The zero-order valence-corrected chi connectivity index (χ0v) is 16.7. The van der Waals surface area contributed by atoms with E-state index in [-0.39, 0.29) is 45.7 Å². The molecule has 1 aromatic heterocycles. The molecule has 1 heterocycles. The molecule has 0 spiro atoms. The van der Waals surface area contributed by atoms with Crippen LogP contribution >= 0.6 is 34.8 Å². The molecular formula is C16H17Cl3FN3O4. The van der Waals surface area contributed by atoms with Crippen molar-refractivity contribution >= 4 is 46.3 Å². The molecule has 0 aliphatic heterocycles. The molecule has 0 fully saturated rings. The van der Waals surface area contributed by atoms with Crippen molar-refractivity contribution in [2.45, 2.75) is 6.04 Å². The maximum atomic E-state index is 12.8. The summed E-state index contributed by atoms with van der Waals surface area (Å²) in [7, 11) is 3.02. The Balaban J connectivity index is 2.44. The summed E-state index contributed by atoms with van der Waals surface area (Å²) in [6.07, 6.45) is 1.39. The Morgan fingerprint density at radius 3 is 2.30 bits per heavy atom. The van der Waals surface area contributed by atoms with Crippen LogP contribution < -0.4 is 15.6 Å². The van der Waals surface area contributed by atoms with Crippen molar-refractivity contribution < 1.29 is 18.6 Å². The molecule has 0 amide bonds. The molecule has 1 aromatic carbocycles. The van der Waals surface area contributed by atoms with Crippen molar-refractivity contribution in [3.8, 4) is 5.75 Å². The molecule has 0 aliphatic rings. The molecule has 0 saturated heterocycles. The van der Waals surface area contributed by atoms with Crippen molar-refractivity contribution in [3.05, 3.63) is 43.9 Å². The zero-order valence-electron chi connectivity index (χ0n) is 14.5. The Labute approximate surface area is 169 Å². The van der Waals surface area contributed by atoms with E-state index in [4.69, 9.17) is 49.0 Å². The zero-order chi connectivity index (χ0) is 20.0. The van der Waals surface area contributed by atoms with Crippen LogP contribution in [0.5, 0.6) is 5.75 Å². The van der Waals surface area contributed by atoms with Crippen LogP contribution in [0.25, 0.3) is 0 Å². The first-order valence-corrected chi connectivity index (χ1v) is 8.76. The Kier molecular flexibility index (Phi) is 8.12. The lowest BCUT2D eigenvalue weighted by Crippen LogP contribution is -2.32. The molecule has 0 radical (unpaired) electrons. The molecule has 0 saturated carbocycles. The van der Waals surface area contributed by atoms with E-state index in [0.29, 0.717) is 0 Å². The smallest absolute Gasteiger partial charge is 0.294 e. The van der Waals surface area contributed by atoms with Gasteiger partial charge in [-0.05, 0) is 0 Å². The van der Waals surface area contributed by atoms with Crippen LogP contribution in [0, 0.1) is 0 Å². The highest BCUT2D eigenvalue weighted by atomic mass is 35.5. The monoisotopic (exact) mass is 438 g/mol. The standard InChI is InChI=1S/C16H17Cl3FN3O4/c1-25-6-9(7-26-2)23-5-13(19)21-15(16(23)24)22-14-11(17)3-10(27-8-20)4-12(14)18/h3-5,9H,6-8H2,1-2H3,(H,21,22)/i20-1. The van der Waals surface area contributed by atoms with E-state index in [2.05, 4.69) is 10.3 Å². The third-order valence-electron chi connectivity index (χ3n) is 3.49. The van der Waals surface area contributed by atoms with Gasteiger partial charge in [0.25, 0.3) is 5.56 Å². The van der Waals surface area contributed by atoms with Crippen LogP contribution in [0.1, 0.15) is 6.04 Å². The Morgan fingerprint density at radius 2 is 1.78 bits per heavy atom. The third kappa shape index (κ3) is 5.46. The van der Waals surface area contributed by atoms with E-state index < -0.39 is 18.5 Å². The van der Waals surface area contributed by atoms with Crippen molar-refractivity contribution in [2.24, 2.45) is 0 Å². The van der Waals surface area contributed by atoms with Crippen LogP contribution in [-0.2, 0) is 9.47 Å². The average molecular weight is 440 g/mol. The minimum Gasteiger partial charge on any atom is -0.463 e. The van der Waals surface area contributed by atoms with E-state index in [0.717, 1.165) is 0 Å². The number of nitrogens with one attached hydrogen (secondary N) is 1. The molecule has 2 aromatic rings. The van der Waals surface area contributed by atoms with E-state index in [1.165, 1.54) is 37.1 Å². The molecule has 148 valence electrons. The summed E-state index contributed by atoms with van der Waals surface area (Å²) in [5, 5.41) is 3.07. The number of aromatic nitrogens is 2. The van der Waals surface area contributed by atoms with Gasteiger partial charge >= 0.3 is 0 Å².